The van der Waals surface area contributed by atoms with Gasteiger partial charge >= 0.3 is 0 Å². The first kappa shape index (κ1) is 16.1. The number of hydrogen-bond donors (Lipinski definition) is 2. The fraction of sp³-hybridized carbons (Fsp3) is 0.500. The third-order valence-electron chi connectivity index (χ3n) is 2.88. The average molecular weight is 282 g/mol. The van der Waals surface area contributed by atoms with Gasteiger partial charge in [0.05, 0.1) is 21.3 Å². The summed E-state index contributed by atoms with van der Waals surface area (Å²) in [4.78, 5) is 10.6. The van der Waals surface area contributed by atoms with Gasteiger partial charge in [-0.25, -0.2) is 0 Å². The zero-order valence-corrected chi connectivity index (χ0v) is 12.2. The van der Waals surface area contributed by atoms with Gasteiger partial charge in [0.1, 0.15) is 0 Å². The molecule has 0 spiro atoms. The van der Waals surface area contributed by atoms with Gasteiger partial charge in [-0.05, 0) is 19.0 Å². The van der Waals surface area contributed by atoms with E-state index in [4.69, 9.17) is 19.9 Å². The zero-order valence-electron chi connectivity index (χ0n) is 12.2. The Morgan fingerprint density at radius 3 is 2.40 bits per heavy atom. The van der Waals surface area contributed by atoms with Gasteiger partial charge in [0.2, 0.25) is 11.7 Å². The third-order valence-corrected chi connectivity index (χ3v) is 2.88. The van der Waals surface area contributed by atoms with Gasteiger partial charge in [-0.1, -0.05) is 6.07 Å². The van der Waals surface area contributed by atoms with E-state index >= 15 is 0 Å². The second-order valence-electron chi connectivity index (χ2n) is 4.24. The van der Waals surface area contributed by atoms with Gasteiger partial charge in [-0.2, -0.15) is 0 Å². The molecule has 6 heteroatoms. The van der Waals surface area contributed by atoms with Crippen molar-refractivity contribution in [2.45, 2.75) is 19.4 Å². The predicted molar refractivity (Wildman–Crippen MR) is 76.2 cm³/mol. The minimum Gasteiger partial charge on any atom is -0.493 e. The van der Waals surface area contributed by atoms with E-state index < -0.39 is 0 Å². The lowest BCUT2D eigenvalue weighted by Crippen LogP contribution is -2.18. The Labute approximate surface area is 119 Å². The van der Waals surface area contributed by atoms with Crippen molar-refractivity contribution in [3.8, 4) is 17.2 Å². The molecule has 0 unspecified atom stereocenters. The highest BCUT2D eigenvalue weighted by molar-refractivity contribution is 5.73. The number of benzene rings is 1. The molecule has 0 fully saturated rings. The van der Waals surface area contributed by atoms with E-state index in [1.165, 1.54) is 0 Å². The molecule has 1 aromatic carbocycles. The molecule has 0 aliphatic heterocycles. The smallest absolute Gasteiger partial charge is 0.217 e. The molecule has 0 saturated carbocycles. The Balaban J connectivity index is 2.67. The van der Waals surface area contributed by atoms with E-state index in [1.807, 2.05) is 12.1 Å². The van der Waals surface area contributed by atoms with Crippen LogP contribution in [0, 0.1) is 0 Å². The number of hydrogen-bond acceptors (Lipinski definition) is 5. The quantitative estimate of drug-likeness (QED) is 0.662. The minimum absolute atomic E-state index is 0.282. The zero-order chi connectivity index (χ0) is 15.0. The number of rotatable bonds is 9. The predicted octanol–water partition coefficient (Wildman–Crippen LogP) is 1.07. The van der Waals surface area contributed by atoms with Crippen LogP contribution in [-0.4, -0.2) is 33.8 Å². The molecule has 0 bridgehead atoms. The van der Waals surface area contributed by atoms with Gasteiger partial charge in [0.15, 0.2) is 11.5 Å². The minimum atomic E-state index is -0.282. The Morgan fingerprint density at radius 1 is 1.15 bits per heavy atom. The van der Waals surface area contributed by atoms with E-state index in [9.17, 15) is 4.79 Å². The first-order valence-electron chi connectivity index (χ1n) is 6.40. The molecule has 0 aromatic heterocycles. The highest BCUT2D eigenvalue weighted by atomic mass is 16.5. The number of primary amides is 1. The molecule has 112 valence electrons. The summed E-state index contributed by atoms with van der Waals surface area (Å²) in [5.74, 6) is 1.57. The van der Waals surface area contributed by atoms with Crippen LogP contribution in [0.2, 0.25) is 0 Å². The van der Waals surface area contributed by atoms with E-state index in [-0.39, 0.29) is 5.91 Å². The summed E-state index contributed by atoms with van der Waals surface area (Å²) in [6.45, 7) is 1.32. The lowest BCUT2D eigenvalue weighted by atomic mass is 10.1. The van der Waals surface area contributed by atoms with E-state index in [1.54, 1.807) is 21.3 Å². The maximum absolute atomic E-state index is 10.6. The molecule has 0 radical (unpaired) electrons. The summed E-state index contributed by atoms with van der Waals surface area (Å²) in [7, 11) is 4.75. The number of carbonyl (C=O) groups excluding carboxylic acids is 1. The molecular formula is C14H22N2O4. The van der Waals surface area contributed by atoms with Gasteiger partial charge in [0, 0.05) is 18.5 Å². The van der Waals surface area contributed by atoms with Crippen molar-refractivity contribution in [1.82, 2.24) is 5.32 Å². The Bertz CT molecular complexity index is 449. The molecule has 1 amide bonds. The Kier molecular flexibility index (Phi) is 6.66. The van der Waals surface area contributed by atoms with Crippen LogP contribution < -0.4 is 25.3 Å². The summed E-state index contributed by atoms with van der Waals surface area (Å²) in [6.07, 6.45) is 1.10. The average Bonchev–Trinajstić information content (AvgIpc) is 2.45. The molecule has 20 heavy (non-hydrogen) atoms. The van der Waals surface area contributed by atoms with E-state index in [0.717, 1.165) is 5.56 Å². The fourth-order valence-electron chi connectivity index (χ4n) is 1.91. The van der Waals surface area contributed by atoms with Crippen LogP contribution in [0.4, 0.5) is 0 Å². The monoisotopic (exact) mass is 282 g/mol. The molecule has 6 nitrogen and oxygen atoms in total. The fourth-order valence-corrected chi connectivity index (χ4v) is 1.91. The van der Waals surface area contributed by atoms with Crippen molar-refractivity contribution in [3.05, 3.63) is 17.7 Å². The van der Waals surface area contributed by atoms with Crippen LogP contribution in [-0.2, 0) is 11.3 Å². The van der Waals surface area contributed by atoms with Crippen molar-refractivity contribution in [3.63, 3.8) is 0 Å². The van der Waals surface area contributed by atoms with E-state index in [0.29, 0.717) is 43.2 Å². The largest absolute Gasteiger partial charge is 0.493 e. The maximum Gasteiger partial charge on any atom is 0.217 e. The van der Waals surface area contributed by atoms with Crippen LogP contribution in [0.1, 0.15) is 18.4 Å². The first-order chi connectivity index (χ1) is 9.63. The lowest BCUT2D eigenvalue weighted by Gasteiger charge is -2.16. The summed E-state index contributed by atoms with van der Waals surface area (Å²) in [5, 5.41) is 3.24. The van der Waals surface area contributed by atoms with Crippen molar-refractivity contribution in [1.29, 1.82) is 0 Å². The lowest BCUT2D eigenvalue weighted by molar-refractivity contribution is -0.118. The van der Waals surface area contributed by atoms with Gasteiger partial charge in [-0.15, -0.1) is 0 Å². The number of carbonyl (C=O) groups is 1. The van der Waals surface area contributed by atoms with Gasteiger partial charge < -0.3 is 25.3 Å². The van der Waals surface area contributed by atoms with Crippen molar-refractivity contribution in [2.75, 3.05) is 27.9 Å². The first-order valence-corrected chi connectivity index (χ1v) is 6.40. The molecular weight excluding hydrogens is 260 g/mol. The second kappa shape index (κ2) is 8.27. The number of amides is 1. The Hall–Kier alpha value is -1.95. The van der Waals surface area contributed by atoms with Crippen LogP contribution in [0.5, 0.6) is 17.2 Å². The topological polar surface area (TPSA) is 82.8 Å². The van der Waals surface area contributed by atoms with E-state index in [2.05, 4.69) is 5.32 Å². The standard InChI is InChI=1S/C14H22N2O4/c1-18-11-7-6-10(13(19-2)14(11)20-3)9-16-8-4-5-12(15)17/h6-7,16H,4-5,8-9H2,1-3H3,(H2,15,17). The SMILES string of the molecule is COc1ccc(CNCCCC(N)=O)c(OC)c1OC. The van der Waals surface area contributed by atoms with Crippen molar-refractivity contribution in [2.24, 2.45) is 5.73 Å². The van der Waals surface area contributed by atoms with Crippen LogP contribution in [0.25, 0.3) is 0 Å². The molecule has 0 saturated heterocycles. The van der Waals surface area contributed by atoms with Crippen LogP contribution in [0.3, 0.4) is 0 Å². The number of methoxy groups -OCH3 is 3. The Morgan fingerprint density at radius 2 is 1.85 bits per heavy atom. The molecule has 0 aliphatic carbocycles. The molecule has 1 rings (SSSR count). The second-order valence-corrected chi connectivity index (χ2v) is 4.24. The third kappa shape index (κ3) is 4.31. The van der Waals surface area contributed by atoms with Crippen LogP contribution >= 0.6 is 0 Å². The molecule has 3 N–H and O–H groups in total. The van der Waals surface area contributed by atoms with Gasteiger partial charge in [0.25, 0.3) is 0 Å². The van der Waals surface area contributed by atoms with Gasteiger partial charge in [-0.3, -0.25) is 4.79 Å². The summed E-state index contributed by atoms with van der Waals surface area (Å²) in [6, 6.07) is 3.75. The maximum atomic E-state index is 10.6. The number of nitrogens with one attached hydrogen (secondary N) is 1. The summed E-state index contributed by atoms with van der Waals surface area (Å²) >= 11 is 0. The molecule has 0 atom stereocenters. The number of ether oxygens (including phenoxy) is 3. The molecule has 0 aliphatic rings. The molecule has 1 aromatic rings. The van der Waals surface area contributed by atoms with Crippen LogP contribution in [0.15, 0.2) is 12.1 Å². The highest BCUT2D eigenvalue weighted by Crippen LogP contribution is 2.39. The summed E-state index contributed by atoms with van der Waals surface area (Å²) < 4.78 is 15.9. The summed E-state index contributed by atoms with van der Waals surface area (Å²) in [5.41, 5.74) is 6.05. The highest BCUT2D eigenvalue weighted by Gasteiger charge is 2.15. The van der Waals surface area contributed by atoms with Crippen molar-refractivity contribution >= 4 is 5.91 Å². The molecule has 0 heterocycles. The number of nitrogens with two attached hydrogens (primary N) is 1. The van der Waals surface area contributed by atoms with Crippen molar-refractivity contribution < 1.29 is 19.0 Å². The normalized spacial score (nSPS) is 10.2.